The average Bonchev–Trinajstić information content (AvgIpc) is 2.55. The number of rotatable bonds is 1. The highest BCUT2D eigenvalue weighted by molar-refractivity contribution is 5.71. The number of ether oxygens (including phenoxy) is 2. The van der Waals surface area contributed by atoms with Gasteiger partial charge < -0.3 is 9.47 Å². The second-order valence-corrected chi connectivity index (χ2v) is 3.12. The fourth-order valence-electron chi connectivity index (χ4n) is 1.70. The van der Waals surface area contributed by atoms with Gasteiger partial charge in [0, 0.05) is 13.0 Å². The van der Waals surface area contributed by atoms with Gasteiger partial charge in [-0.3, -0.25) is 4.79 Å². The van der Waals surface area contributed by atoms with Gasteiger partial charge >= 0.3 is 5.97 Å². The van der Waals surface area contributed by atoms with Crippen LogP contribution in [0.3, 0.4) is 0 Å². The van der Waals surface area contributed by atoms with Crippen molar-refractivity contribution in [1.82, 2.24) is 0 Å². The molecule has 2 rings (SSSR count). The van der Waals surface area contributed by atoms with Crippen LogP contribution in [-0.2, 0) is 14.3 Å². The number of esters is 1. The molecule has 2 heterocycles. The zero-order chi connectivity index (χ0) is 7.68. The molecular weight excluding hydrogens is 144 g/mol. The minimum Gasteiger partial charge on any atom is -0.460 e. The van der Waals surface area contributed by atoms with Gasteiger partial charge in [-0.1, -0.05) is 0 Å². The molecule has 0 saturated carbocycles. The first-order valence-corrected chi connectivity index (χ1v) is 4.17. The zero-order valence-electron chi connectivity index (χ0n) is 6.41. The Morgan fingerprint density at radius 1 is 1.27 bits per heavy atom. The van der Waals surface area contributed by atoms with Crippen LogP contribution in [0.5, 0.6) is 0 Å². The largest absolute Gasteiger partial charge is 0.460 e. The van der Waals surface area contributed by atoms with Crippen LogP contribution in [-0.4, -0.2) is 24.8 Å². The Labute approximate surface area is 65.7 Å². The minimum atomic E-state index is -0.0644. The third-order valence-electron chi connectivity index (χ3n) is 2.30. The molecule has 0 unspecified atom stereocenters. The Balaban J connectivity index is 1.90. The summed E-state index contributed by atoms with van der Waals surface area (Å²) in [5, 5.41) is 0. The maximum Gasteiger partial charge on any atom is 0.306 e. The molecule has 2 saturated heterocycles. The SMILES string of the molecule is O=C1CC[C@H]([C@@H]2CCCO2)O1. The summed E-state index contributed by atoms with van der Waals surface area (Å²) < 4.78 is 10.5. The van der Waals surface area contributed by atoms with E-state index >= 15 is 0 Å². The summed E-state index contributed by atoms with van der Waals surface area (Å²) in [6, 6.07) is 0. The van der Waals surface area contributed by atoms with Crippen molar-refractivity contribution in [2.24, 2.45) is 0 Å². The second kappa shape index (κ2) is 2.81. The van der Waals surface area contributed by atoms with Crippen LogP contribution in [0.2, 0.25) is 0 Å². The smallest absolute Gasteiger partial charge is 0.306 e. The van der Waals surface area contributed by atoms with E-state index in [0.717, 1.165) is 25.9 Å². The predicted octanol–water partition coefficient (Wildman–Crippen LogP) is 0.871. The molecule has 0 amide bonds. The molecule has 62 valence electrons. The Morgan fingerprint density at radius 2 is 2.18 bits per heavy atom. The summed E-state index contributed by atoms with van der Waals surface area (Å²) >= 11 is 0. The first kappa shape index (κ1) is 7.10. The van der Waals surface area contributed by atoms with E-state index in [0.29, 0.717) is 6.42 Å². The van der Waals surface area contributed by atoms with E-state index in [2.05, 4.69) is 0 Å². The van der Waals surface area contributed by atoms with Crippen molar-refractivity contribution >= 4 is 5.97 Å². The van der Waals surface area contributed by atoms with Gasteiger partial charge in [0.05, 0.1) is 6.10 Å². The predicted molar refractivity (Wildman–Crippen MR) is 38.1 cm³/mol. The molecule has 0 spiro atoms. The topological polar surface area (TPSA) is 35.5 Å². The third-order valence-corrected chi connectivity index (χ3v) is 2.30. The summed E-state index contributed by atoms with van der Waals surface area (Å²) in [6.07, 6.45) is 3.84. The first-order chi connectivity index (χ1) is 5.36. The molecule has 2 aliphatic rings. The Morgan fingerprint density at radius 3 is 2.73 bits per heavy atom. The Bertz CT molecular complexity index is 161. The highest BCUT2D eigenvalue weighted by Crippen LogP contribution is 2.25. The lowest BCUT2D eigenvalue weighted by atomic mass is 10.1. The van der Waals surface area contributed by atoms with Gasteiger partial charge in [0.25, 0.3) is 0 Å². The van der Waals surface area contributed by atoms with E-state index in [-0.39, 0.29) is 18.2 Å². The van der Waals surface area contributed by atoms with Crippen molar-refractivity contribution in [2.75, 3.05) is 6.61 Å². The van der Waals surface area contributed by atoms with Crippen LogP contribution < -0.4 is 0 Å². The van der Waals surface area contributed by atoms with E-state index in [9.17, 15) is 4.79 Å². The number of hydrogen-bond acceptors (Lipinski definition) is 3. The zero-order valence-corrected chi connectivity index (χ0v) is 6.41. The normalized spacial score (nSPS) is 37.6. The highest BCUT2D eigenvalue weighted by Gasteiger charge is 2.33. The van der Waals surface area contributed by atoms with Crippen molar-refractivity contribution in [2.45, 2.75) is 37.9 Å². The van der Waals surface area contributed by atoms with Crippen molar-refractivity contribution in [3.8, 4) is 0 Å². The molecule has 11 heavy (non-hydrogen) atoms. The average molecular weight is 156 g/mol. The van der Waals surface area contributed by atoms with Crippen LogP contribution in [0.4, 0.5) is 0 Å². The molecule has 0 N–H and O–H groups in total. The van der Waals surface area contributed by atoms with E-state index in [1.807, 2.05) is 0 Å². The second-order valence-electron chi connectivity index (χ2n) is 3.12. The number of hydrogen-bond donors (Lipinski definition) is 0. The molecule has 0 aromatic heterocycles. The van der Waals surface area contributed by atoms with Crippen molar-refractivity contribution in [3.63, 3.8) is 0 Å². The molecule has 0 aromatic carbocycles. The minimum absolute atomic E-state index is 0.0602. The van der Waals surface area contributed by atoms with Crippen molar-refractivity contribution < 1.29 is 14.3 Å². The molecule has 0 radical (unpaired) electrons. The van der Waals surface area contributed by atoms with Gasteiger partial charge in [-0.05, 0) is 19.3 Å². The number of carbonyl (C=O) groups is 1. The van der Waals surface area contributed by atoms with Crippen LogP contribution in [0, 0.1) is 0 Å². The van der Waals surface area contributed by atoms with Crippen LogP contribution in [0.1, 0.15) is 25.7 Å². The van der Waals surface area contributed by atoms with Gasteiger partial charge in [-0.25, -0.2) is 0 Å². The van der Waals surface area contributed by atoms with E-state index < -0.39 is 0 Å². The van der Waals surface area contributed by atoms with Gasteiger partial charge in [0.1, 0.15) is 6.10 Å². The van der Waals surface area contributed by atoms with Gasteiger partial charge in [0.2, 0.25) is 0 Å². The molecule has 2 aliphatic heterocycles. The van der Waals surface area contributed by atoms with Gasteiger partial charge in [0.15, 0.2) is 0 Å². The standard InChI is InChI=1S/C8H12O3/c9-8-4-3-7(11-8)6-2-1-5-10-6/h6-7H,1-5H2/t6-,7+/m0/s1. The van der Waals surface area contributed by atoms with Crippen molar-refractivity contribution in [3.05, 3.63) is 0 Å². The molecule has 3 nitrogen and oxygen atoms in total. The molecule has 0 bridgehead atoms. The summed E-state index contributed by atoms with van der Waals surface area (Å²) in [5.74, 6) is -0.0644. The lowest BCUT2D eigenvalue weighted by molar-refractivity contribution is -0.145. The fourth-order valence-corrected chi connectivity index (χ4v) is 1.70. The Hall–Kier alpha value is -0.570. The lowest BCUT2D eigenvalue weighted by Gasteiger charge is -2.15. The van der Waals surface area contributed by atoms with Crippen molar-refractivity contribution in [1.29, 1.82) is 0 Å². The van der Waals surface area contributed by atoms with E-state index in [4.69, 9.17) is 9.47 Å². The summed E-state index contributed by atoms with van der Waals surface area (Å²) in [4.78, 5) is 10.7. The summed E-state index contributed by atoms with van der Waals surface area (Å²) in [7, 11) is 0. The quantitative estimate of drug-likeness (QED) is 0.528. The van der Waals surface area contributed by atoms with E-state index in [1.165, 1.54) is 0 Å². The summed E-state index contributed by atoms with van der Waals surface area (Å²) in [5.41, 5.74) is 0. The fraction of sp³-hybridized carbons (Fsp3) is 0.875. The maximum atomic E-state index is 10.7. The van der Waals surface area contributed by atoms with Crippen LogP contribution in [0.15, 0.2) is 0 Å². The lowest BCUT2D eigenvalue weighted by Crippen LogP contribution is -2.24. The molecule has 3 heteroatoms. The van der Waals surface area contributed by atoms with Crippen LogP contribution >= 0.6 is 0 Å². The van der Waals surface area contributed by atoms with E-state index in [1.54, 1.807) is 0 Å². The third kappa shape index (κ3) is 1.38. The van der Waals surface area contributed by atoms with Gasteiger partial charge in [-0.15, -0.1) is 0 Å². The van der Waals surface area contributed by atoms with Crippen LogP contribution in [0.25, 0.3) is 0 Å². The molecule has 0 aromatic rings. The number of carbonyl (C=O) groups excluding carboxylic acids is 1. The molecular formula is C8H12O3. The number of cyclic esters (lactones) is 1. The first-order valence-electron chi connectivity index (χ1n) is 4.17. The maximum absolute atomic E-state index is 10.7. The monoisotopic (exact) mass is 156 g/mol. The highest BCUT2D eigenvalue weighted by atomic mass is 16.6. The molecule has 0 aliphatic carbocycles. The summed E-state index contributed by atoms with van der Waals surface area (Å²) in [6.45, 7) is 0.832. The van der Waals surface area contributed by atoms with Gasteiger partial charge in [-0.2, -0.15) is 0 Å². The Kier molecular flexibility index (Phi) is 1.82. The molecule has 2 atom stereocenters. The molecule has 2 fully saturated rings.